The second-order valence-electron chi connectivity index (χ2n) is 7.90. The van der Waals surface area contributed by atoms with Crippen molar-refractivity contribution in [2.75, 3.05) is 13.7 Å². The van der Waals surface area contributed by atoms with E-state index in [-0.39, 0.29) is 12.0 Å². The Morgan fingerprint density at radius 1 is 1.28 bits per heavy atom. The molecule has 0 radical (unpaired) electrons. The zero-order valence-corrected chi connectivity index (χ0v) is 14.9. The van der Waals surface area contributed by atoms with Crippen LogP contribution in [0.1, 0.15) is 49.7 Å². The molecule has 132 valence electrons. The third-order valence-electron chi connectivity index (χ3n) is 6.65. The van der Waals surface area contributed by atoms with Crippen molar-refractivity contribution < 1.29 is 9.53 Å². The fourth-order valence-electron chi connectivity index (χ4n) is 5.19. The molecule has 1 aromatic rings. The fraction of sp³-hybridized carbons (Fsp3) is 0.619. The van der Waals surface area contributed by atoms with Gasteiger partial charge < -0.3 is 9.64 Å². The second-order valence-corrected chi connectivity index (χ2v) is 7.90. The van der Waals surface area contributed by atoms with E-state index in [1.165, 1.54) is 11.1 Å². The molecule has 2 aliphatic carbocycles. The lowest BCUT2D eigenvalue weighted by Gasteiger charge is -2.49. The van der Waals surface area contributed by atoms with E-state index in [1.54, 1.807) is 7.11 Å². The molecule has 3 aliphatic rings. The number of hydrogen-bond donors (Lipinski definition) is 0. The molecule has 25 heavy (non-hydrogen) atoms. The maximum absolute atomic E-state index is 13.2. The molecule has 0 spiro atoms. The summed E-state index contributed by atoms with van der Waals surface area (Å²) in [5.41, 5.74) is 2.05. The molecule has 1 saturated carbocycles. The Kier molecular flexibility index (Phi) is 4.29. The summed E-state index contributed by atoms with van der Waals surface area (Å²) in [4.78, 5) is 15.3. The number of nitrogens with zero attached hydrogens (tertiary/aromatic N) is 2. The van der Waals surface area contributed by atoms with Crippen molar-refractivity contribution in [1.29, 1.82) is 5.26 Å². The van der Waals surface area contributed by atoms with Crippen molar-refractivity contribution >= 4 is 5.91 Å². The summed E-state index contributed by atoms with van der Waals surface area (Å²) in [6.07, 6.45) is 6.58. The van der Waals surface area contributed by atoms with E-state index in [4.69, 9.17) is 4.74 Å². The molecule has 2 unspecified atom stereocenters. The molecule has 4 rings (SSSR count). The summed E-state index contributed by atoms with van der Waals surface area (Å²) >= 11 is 0. The highest BCUT2D eigenvalue weighted by atomic mass is 16.5. The van der Waals surface area contributed by atoms with Crippen LogP contribution in [0.4, 0.5) is 0 Å². The van der Waals surface area contributed by atoms with Gasteiger partial charge >= 0.3 is 0 Å². The lowest BCUT2D eigenvalue weighted by atomic mass is 9.64. The molecule has 1 aliphatic heterocycles. The minimum Gasteiger partial charge on any atom is -0.381 e. The lowest BCUT2D eigenvalue weighted by Crippen LogP contribution is -2.56. The molecule has 2 atom stereocenters. The van der Waals surface area contributed by atoms with Crippen LogP contribution in [0.25, 0.3) is 0 Å². The number of hydrogen-bond acceptors (Lipinski definition) is 3. The number of carbonyl (C=O) groups excluding carboxylic acids is 1. The fourth-order valence-corrected chi connectivity index (χ4v) is 5.19. The van der Waals surface area contributed by atoms with Gasteiger partial charge in [-0.15, -0.1) is 0 Å². The molecule has 2 fully saturated rings. The number of methoxy groups -OCH3 is 1. The minimum atomic E-state index is -0.399. The minimum absolute atomic E-state index is 0.137. The Hall–Kier alpha value is -1.86. The van der Waals surface area contributed by atoms with Crippen LogP contribution in [0.5, 0.6) is 0 Å². The first kappa shape index (κ1) is 16.6. The highest BCUT2D eigenvalue weighted by molar-refractivity contribution is 5.79. The predicted octanol–water partition coefficient (Wildman–Crippen LogP) is 3.20. The van der Waals surface area contributed by atoms with E-state index in [0.717, 1.165) is 51.5 Å². The Morgan fingerprint density at radius 2 is 2.04 bits per heavy atom. The lowest BCUT2D eigenvalue weighted by molar-refractivity contribution is -0.142. The molecule has 2 bridgehead atoms. The van der Waals surface area contributed by atoms with Gasteiger partial charge in [0.25, 0.3) is 0 Å². The quantitative estimate of drug-likeness (QED) is 0.832. The molecule has 4 heteroatoms. The zero-order chi connectivity index (χ0) is 17.4. The molecule has 4 nitrogen and oxygen atoms in total. The Balaban J connectivity index is 1.54. The van der Waals surface area contributed by atoms with Gasteiger partial charge in [-0.3, -0.25) is 4.79 Å². The van der Waals surface area contributed by atoms with Crippen LogP contribution >= 0.6 is 0 Å². The van der Waals surface area contributed by atoms with E-state index in [2.05, 4.69) is 23.1 Å². The molecule has 1 aromatic carbocycles. The van der Waals surface area contributed by atoms with Crippen LogP contribution in [0.2, 0.25) is 0 Å². The normalized spacial score (nSPS) is 34.1. The number of benzene rings is 1. The van der Waals surface area contributed by atoms with Crippen molar-refractivity contribution in [3.05, 3.63) is 35.4 Å². The van der Waals surface area contributed by atoms with E-state index in [0.29, 0.717) is 12.0 Å². The van der Waals surface area contributed by atoms with Crippen molar-refractivity contribution in [1.82, 2.24) is 4.90 Å². The van der Waals surface area contributed by atoms with Gasteiger partial charge in [0.2, 0.25) is 5.91 Å². The van der Waals surface area contributed by atoms with Crippen molar-refractivity contribution in [2.45, 2.75) is 62.5 Å². The van der Waals surface area contributed by atoms with E-state index >= 15 is 0 Å². The first-order chi connectivity index (χ1) is 12.2. The number of ether oxygens (including phenoxy) is 1. The summed E-state index contributed by atoms with van der Waals surface area (Å²) < 4.78 is 5.44. The van der Waals surface area contributed by atoms with Gasteiger partial charge in [0.15, 0.2) is 0 Å². The standard InChI is InChI=1S/C21H26N2O2/c1-25-18-8-6-15(7-9-18)20(24)23-11-10-21(14-22)13-17(23)12-16-4-2-3-5-19(16)21/h2-5,15,17-18H,6-13H2,1H3. The van der Waals surface area contributed by atoms with Crippen LogP contribution < -0.4 is 0 Å². The smallest absolute Gasteiger partial charge is 0.225 e. The van der Waals surface area contributed by atoms with Gasteiger partial charge in [0, 0.05) is 25.6 Å². The van der Waals surface area contributed by atoms with E-state index in [9.17, 15) is 10.1 Å². The van der Waals surface area contributed by atoms with Gasteiger partial charge in [-0.25, -0.2) is 0 Å². The van der Waals surface area contributed by atoms with Crippen molar-refractivity contribution in [3.8, 4) is 6.07 Å². The SMILES string of the molecule is COC1CCC(C(=O)N2CCC3(C#N)CC2Cc2ccccc23)CC1. The van der Waals surface area contributed by atoms with Crippen LogP contribution in [0.3, 0.4) is 0 Å². The summed E-state index contributed by atoms with van der Waals surface area (Å²) in [6.45, 7) is 0.718. The first-order valence-electron chi connectivity index (χ1n) is 9.50. The molecule has 0 N–H and O–H groups in total. The molecule has 1 heterocycles. The molecular formula is C21H26N2O2. The number of piperidine rings is 1. The maximum atomic E-state index is 13.2. The Bertz CT molecular complexity index is 702. The molecule has 1 saturated heterocycles. The third-order valence-corrected chi connectivity index (χ3v) is 6.65. The van der Waals surface area contributed by atoms with E-state index < -0.39 is 5.41 Å². The van der Waals surface area contributed by atoms with Gasteiger partial charge in [-0.1, -0.05) is 24.3 Å². The Morgan fingerprint density at radius 3 is 2.76 bits per heavy atom. The number of carbonyl (C=O) groups is 1. The van der Waals surface area contributed by atoms with Gasteiger partial charge in [-0.05, 0) is 56.1 Å². The van der Waals surface area contributed by atoms with Crippen LogP contribution in [-0.2, 0) is 21.4 Å². The van der Waals surface area contributed by atoms with Crippen LogP contribution in [0.15, 0.2) is 24.3 Å². The van der Waals surface area contributed by atoms with Crippen LogP contribution in [-0.4, -0.2) is 36.6 Å². The number of fused-ring (bicyclic) bond motifs is 4. The number of rotatable bonds is 2. The first-order valence-corrected chi connectivity index (χ1v) is 9.50. The summed E-state index contributed by atoms with van der Waals surface area (Å²) in [5.74, 6) is 0.448. The summed E-state index contributed by atoms with van der Waals surface area (Å²) in [6, 6.07) is 11.1. The van der Waals surface area contributed by atoms with E-state index in [1.807, 2.05) is 12.1 Å². The third kappa shape index (κ3) is 2.75. The van der Waals surface area contributed by atoms with Gasteiger partial charge in [0.1, 0.15) is 0 Å². The summed E-state index contributed by atoms with van der Waals surface area (Å²) in [7, 11) is 1.76. The number of nitriles is 1. The van der Waals surface area contributed by atoms with Gasteiger partial charge in [-0.2, -0.15) is 5.26 Å². The average Bonchev–Trinajstić information content (AvgIpc) is 2.68. The maximum Gasteiger partial charge on any atom is 0.225 e. The average molecular weight is 338 g/mol. The zero-order valence-electron chi connectivity index (χ0n) is 14.9. The molecular weight excluding hydrogens is 312 g/mol. The number of amides is 1. The second kappa shape index (κ2) is 6.46. The predicted molar refractivity (Wildman–Crippen MR) is 94.9 cm³/mol. The van der Waals surface area contributed by atoms with Crippen LogP contribution in [0, 0.1) is 17.2 Å². The van der Waals surface area contributed by atoms with Crippen molar-refractivity contribution in [2.24, 2.45) is 5.92 Å². The highest BCUT2D eigenvalue weighted by Crippen LogP contribution is 2.45. The molecule has 0 aromatic heterocycles. The Labute approximate surface area is 149 Å². The topological polar surface area (TPSA) is 53.3 Å². The van der Waals surface area contributed by atoms with Crippen molar-refractivity contribution in [3.63, 3.8) is 0 Å². The van der Waals surface area contributed by atoms with Gasteiger partial charge in [0.05, 0.1) is 17.6 Å². The number of likely N-dealkylation sites (tertiary alicyclic amines) is 1. The molecule has 1 amide bonds. The highest BCUT2D eigenvalue weighted by Gasteiger charge is 2.48. The largest absolute Gasteiger partial charge is 0.381 e. The monoisotopic (exact) mass is 338 g/mol. The summed E-state index contributed by atoms with van der Waals surface area (Å²) in [5, 5.41) is 9.90.